The molecular weight excluding hydrogens is 251 g/mol. The largest absolute Gasteiger partial charge is 0.459 e. The maximum atomic E-state index is 13.1. The number of halogens is 1. The molecule has 0 saturated carbocycles. The number of hydrogen-bond donors (Lipinski definition) is 3. The zero-order chi connectivity index (χ0) is 13.8. The Morgan fingerprint density at radius 3 is 2.95 bits per heavy atom. The summed E-state index contributed by atoms with van der Waals surface area (Å²) in [5.74, 6) is 0.261. The summed E-state index contributed by atoms with van der Waals surface area (Å²) >= 11 is 0. The van der Waals surface area contributed by atoms with E-state index in [4.69, 9.17) is 9.52 Å². The average molecular weight is 266 g/mol. The minimum atomic E-state index is -0.389. The molecule has 19 heavy (non-hydrogen) atoms. The van der Waals surface area contributed by atoms with Crippen LogP contribution in [0.5, 0.6) is 0 Å². The third-order valence-electron chi connectivity index (χ3n) is 2.80. The number of nitrogens with one attached hydrogen (secondary N) is 2. The number of aliphatic hydroxyl groups excluding tert-OH is 1. The normalized spacial score (nSPS) is 10.7. The van der Waals surface area contributed by atoms with Gasteiger partial charge >= 0.3 is 6.03 Å². The number of rotatable bonds is 4. The molecule has 2 aromatic rings. The predicted molar refractivity (Wildman–Crippen MR) is 68.2 cm³/mol. The van der Waals surface area contributed by atoms with Crippen molar-refractivity contribution in [3.63, 3.8) is 0 Å². The van der Waals surface area contributed by atoms with Gasteiger partial charge in [-0.25, -0.2) is 9.18 Å². The van der Waals surface area contributed by atoms with E-state index in [1.54, 1.807) is 6.07 Å². The second kappa shape index (κ2) is 5.71. The summed E-state index contributed by atoms with van der Waals surface area (Å²) in [5.41, 5.74) is 1.39. The molecule has 0 atom stereocenters. The number of furan rings is 1. The standard InChI is InChI=1S/C13H15FN2O3/c1-8-10-6-9(14)2-3-11(10)19-12(8)7-16-13(18)15-4-5-17/h2-3,6,17H,4-5,7H2,1H3,(H2,15,16,18). The fraction of sp³-hybridized carbons (Fsp3) is 0.308. The lowest BCUT2D eigenvalue weighted by molar-refractivity contribution is 0.233. The number of carbonyl (C=O) groups excluding carboxylic acids is 1. The molecular formula is C13H15FN2O3. The van der Waals surface area contributed by atoms with Crippen molar-refractivity contribution in [3.05, 3.63) is 35.3 Å². The van der Waals surface area contributed by atoms with Crippen LogP contribution >= 0.6 is 0 Å². The van der Waals surface area contributed by atoms with Crippen molar-refractivity contribution in [1.82, 2.24) is 10.6 Å². The van der Waals surface area contributed by atoms with Crippen LogP contribution in [0.1, 0.15) is 11.3 Å². The highest BCUT2D eigenvalue weighted by Gasteiger charge is 2.11. The maximum Gasteiger partial charge on any atom is 0.315 e. The van der Waals surface area contributed by atoms with E-state index >= 15 is 0 Å². The van der Waals surface area contributed by atoms with Crippen molar-refractivity contribution in [2.45, 2.75) is 13.5 Å². The molecule has 0 aliphatic rings. The van der Waals surface area contributed by atoms with Crippen LogP contribution in [0, 0.1) is 12.7 Å². The molecule has 0 aliphatic carbocycles. The van der Waals surface area contributed by atoms with E-state index in [1.165, 1.54) is 12.1 Å². The van der Waals surface area contributed by atoms with Crippen LogP contribution in [-0.2, 0) is 6.54 Å². The molecule has 3 N–H and O–H groups in total. The van der Waals surface area contributed by atoms with Gasteiger partial charge in [0.05, 0.1) is 13.2 Å². The fourth-order valence-electron chi connectivity index (χ4n) is 1.80. The number of amides is 2. The number of benzene rings is 1. The van der Waals surface area contributed by atoms with E-state index in [9.17, 15) is 9.18 Å². The number of carbonyl (C=O) groups is 1. The summed E-state index contributed by atoms with van der Waals surface area (Å²) in [4.78, 5) is 11.3. The van der Waals surface area contributed by atoms with Gasteiger partial charge in [-0.3, -0.25) is 0 Å². The van der Waals surface area contributed by atoms with Crippen molar-refractivity contribution in [1.29, 1.82) is 0 Å². The van der Waals surface area contributed by atoms with E-state index in [-0.39, 0.29) is 31.5 Å². The van der Waals surface area contributed by atoms with Crippen molar-refractivity contribution in [3.8, 4) is 0 Å². The third kappa shape index (κ3) is 3.03. The number of hydrogen-bond acceptors (Lipinski definition) is 3. The lowest BCUT2D eigenvalue weighted by Gasteiger charge is -2.04. The molecule has 0 bridgehead atoms. The molecule has 2 rings (SSSR count). The van der Waals surface area contributed by atoms with Gasteiger partial charge in [0.15, 0.2) is 0 Å². The van der Waals surface area contributed by atoms with Crippen LogP contribution in [0.4, 0.5) is 9.18 Å². The second-order valence-electron chi connectivity index (χ2n) is 4.12. The zero-order valence-electron chi connectivity index (χ0n) is 10.5. The average Bonchev–Trinajstić information content (AvgIpc) is 2.71. The van der Waals surface area contributed by atoms with E-state index in [0.717, 1.165) is 5.56 Å². The molecule has 1 aromatic heterocycles. The lowest BCUT2D eigenvalue weighted by Crippen LogP contribution is -2.36. The molecule has 6 heteroatoms. The van der Waals surface area contributed by atoms with Crippen LogP contribution in [0.15, 0.2) is 22.6 Å². The minimum absolute atomic E-state index is 0.115. The summed E-state index contributed by atoms with van der Waals surface area (Å²) in [5, 5.41) is 14.3. The van der Waals surface area contributed by atoms with Gasteiger partial charge in [0.1, 0.15) is 17.2 Å². The smallest absolute Gasteiger partial charge is 0.315 e. The van der Waals surface area contributed by atoms with Crippen LogP contribution in [-0.4, -0.2) is 24.3 Å². The summed E-state index contributed by atoms with van der Waals surface area (Å²) in [6.07, 6.45) is 0. The summed E-state index contributed by atoms with van der Waals surface area (Å²) in [7, 11) is 0. The highest BCUT2D eigenvalue weighted by atomic mass is 19.1. The molecule has 2 amide bonds. The monoisotopic (exact) mass is 266 g/mol. The first-order chi connectivity index (χ1) is 9.11. The van der Waals surface area contributed by atoms with Crippen molar-refractivity contribution in [2.24, 2.45) is 0 Å². The van der Waals surface area contributed by atoms with Gasteiger partial charge < -0.3 is 20.2 Å². The van der Waals surface area contributed by atoms with Crippen LogP contribution in [0.25, 0.3) is 11.0 Å². The Morgan fingerprint density at radius 2 is 2.21 bits per heavy atom. The maximum absolute atomic E-state index is 13.1. The predicted octanol–water partition coefficient (Wildman–Crippen LogP) is 1.67. The molecule has 5 nitrogen and oxygen atoms in total. The number of fused-ring (bicyclic) bond motifs is 1. The number of urea groups is 1. The van der Waals surface area contributed by atoms with E-state index in [2.05, 4.69) is 10.6 Å². The Morgan fingerprint density at radius 1 is 1.42 bits per heavy atom. The molecule has 1 aromatic carbocycles. The van der Waals surface area contributed by atoms with Crippen molar-refractivity contribution in [2.75, 3.05) is 13.2 Å². The van der Waals surface area contributed by atoms with Crippen LogP contribution in [0.2, 0.25) is 0 Å². The Balaban J connectivity index is 2.09. The molecule has 0 saturated heterocycles. The quantitative estimate of drug-likeness (QED) is 0.788. The van der Waals surface area contributed by atoms with Gasteiger partial charge in [0, 0.05) is 17.5 Å². The summed E-state index contributed by atoms with van der Waals surface area (Å²) in [6.45, 7) is 2.10. The molecule has 0 unspecified atom stereocenters. The Kier molecular flexibility index (Phi) is 4.01. The van der Waals surface area contributed by atoms with Crippen LogP contribution < -0.4 is 10.6 Å². The van der Waals surface area contributed by atoms with E-state index in [1.807, 2.05) is 6.92 Å². The summed E-state index contributed by atoms with van der Waals surface area (Å²) in [6, 6.07) is 3.91. The first kappa shape index (κ1) is 13.4. The molecule has 0 aliphatic heterocycles. The molecule has 1 heterocycles. The van der Waals surface area contributed by atoms with E-state index in [0.29, 0.717) is 16.7 Å². The van der Waals surface area contributed by atoms with Gasteiger partial charge in [0.25, 0.3) is 0 Å². The molecule has 0 fully saturated rings. The minimum Gasteiger partial charge on any atom is -0.459 e. The number of aryl methyl sites for hydroxylation is 1. The molecule has 0 radical (unpaired) electrons. The van der Waals surface area contributed by atoms with Gasteiger partial charge in [-0.1, -0.05) is 0 Å². The van der Waals surface area contributed by atoms with Gasteiger partial charge in [-0.15, -0.1) is 0 Å². The van der Waals surface area contributed by atoms with Gasteiger partial charge in [0.2, 0.25) is 0 Å². The highest BCUT2D eigenvalue weighted by Crippen LogP contribution is 2.25. The Labute approximate surface area is 109 Å². The third-order valence-corrected chi connectivity index (χ3v) is 2.80. The number of aliphatic hydroxyl groups is 1. The first-order valence-electron chi connectivity index (χ1n) is 5.92. The second-order valence-corrected chi connectivity index (χ2v) is 4.12. The first-order valence-corrected chi connectivity index (χ1v) is 5.92. The molecule has 102 valence electrons. The van der Waals surface area contributed by atoms with Crippen molar-refractivity contribution < 1.29 is 18.7 Å². The Hall–Kier alpha value is -2.08. The van der Waals surface area contributed by atoms with Gasteiger partial charge in [-0.05, 0) is 25.1 Å². The van der Waals surface area contributed by atoms with Gasteiger partial charge in [-0.2, -0.15) is 0 Å². The topological polar surface area (TPSA) is 74.5 Å². The van der Waals surface area contributed by atoms with Crippen molar-refractivity contribution >= 4 is 17.0 Å². The fourth-order valence-corrected chi connectivity index (χ4v) is 1.80. The molecule has 0 spiro atoms. The van der Waals surface area contributed by atoms with E-state index < -0.39 is 0 Å². The lowest BCUT2D eigenvalue weighted by atomic mass is 10.1. The zero-order valence-corrected chi connectivity index (χ0v) is 10.5. The summed E-state index contributed by atoms with van der Waals surface area (Å²) < 4.78 is 18.7. The SMILES string of the molecule is Cc1c(CNC(=O)NCCO)oc2ccc(F)cc12. The Bertz CT molecular complexity index is 595. The van der Waals surface area contributed by atoms with Crippen LogP contribution in [0.3, 0.4) is 0 Å². The highest BCUT2D eigenvalue weighted by molar-refractivity contribution is 5.82.